The Morgan fingerprint density at radius 1 is 1.22 bits per heavy atom. The van der Waals surface area contributed by atoms with E-state index in [4.69, 9.17) is 0 Å². The number of nitrogens with one attached hydrogen (secondary N) is 1. The number of aromatic amines is 1. The maximum atomic E-state index is 11.6. The zero-order valence-electron chi connectivity index (χ0n) is 11.9. The molecule has 18 heavy (non-hydrogen) atoms. The molecule has 1 N–H and O–H groups in total. The van der Waals surface area contributed by atoms with Gasteiger partial charge in [-0.05, 0) is 20.5 Å². The van der Waals surface area contributed by atoms with Crippen LogP contribution in [0.3, 0.4) is 0 Å². The monoisotopic (exact) mass is 252 g/mol. The van der Waals surface area contributed by atoms with Gasteiger partial charge in [0.05, 0.1) is 0 Å². The molecule has 1 heterocycles. The van der Waals surface area contributed by atoms with Gasteiger partial charge in [0.2, 0.25) is 0 Å². The molecule has 0 saturated carbocycles. The summed E-state index contributed by atoms with van der Waals surface area (Å²) in [6.45, 7) is 6.90. The van der Waals surface area contributed by atoms with Crippen LogP contribution >= 0.6 is 0 Å². The molecule has 5 heteroatoms. The topological polar surface area (TPSA) is 52.2 Å². The zero-order chi connectivity index (χ0) is 13.5. The van der Waals surface area contributed by atoms with Crippen LogP contribution in [0.4, 0.5) is 5.82 Å². The second-order valence-electron chi connectivity index (χ2n) is 4.69. The lowest BCUT2D eigenvalue weighted by atomic mass is 10.3. The summed E-state index contributed by atoms with van der Waals surface area (Å²) in [5.41, 5.74) is -0.0668. The number of aromatic nitrogens is 2. The Hall–Kier alpha value is -1.36. The number of anilines is 1. The van der Waals surface area contributed by atoms with Crippen molar-refractivity contribution in [2.45, 2.75) is 26.7 Å². The number of hydrogen-bond acceptors (Lipinski definition) is 4. The van der Waals surface area contributed by atoms with E-state index in [-0.39, 0.29) is 5.56 Å². The third-order valence-electron chi connectivity index (χ3n) is 2.75. The normalized spacial score (nSPS) is 10.9. The largest absolute Gasteiger partial charge is 0.355 e. The molecular formula is C13H24N4O. The Labute approximate surface area is 109 Å². The van der Waals surface area contributed by atoms with Crippen molar-refractivity contribution in [2.24, 2.45) is 0 Å². The number of H-pyrrole nitrogens is 1. The van der Waals surface area contributed by atoms with Crippen LogP contribution in [0.1, 0.15) is 26.1 Å². The SMILES string of the molecule is CCCN(CCN(C)C)c1cc(=O)[nH]c(CC)n1. The summed E-state index contributed by atoms with van der Waals surface area (Å²) in [6.07, 6.45) is 1.79. The number of rotatable bonds is 7. The van der Waals surface area contributed by atoms with Gasteiger partial charge in [-0.1, -0.05) is 13.8 Å². The van der Waals surface area contributed by atoms with Crippen LogP contribution < -0.4 is 10.5 Å². The highest BCUT2D eigenvalue weighted by Crippen LogP contribution is 2.08. The molecule has 0 saturated heterocycles. The maximum Gasteiger partial charge on any atom is 0.252 e. The minimum Gasteiger partial charge on any atom is -0.355 e. The van der Waals surface area contributed by atoms with Crippen LogP contribution in [-0.2, 0) is 6.42 Å². The highest BCUT2D eigenvalue weighted by molar-refractivity contribution is 5.37. The second kappa shape index (κ2) is 7.16. The van der Waals surface area contributed by atoms with E-state index in [1.54, 1.807) is 6.07 Å². The van der Waals surface area contributed by atoms with E-state index in [1.807, 2.05) is 21.0 Å². The van der Waals surface area contributed by atoms with E-state index in [0.29, 0.717) is 0 Å². The number of aryl methyl sites for hydroxylation is 1. The Morgan fingerprint density at radius 3 is 2.50 bits per heavy atom. The number of nitrogens with zero attached hydrogens (tertiary/aromatic N) is 3. The molecule has 0 aliphatic carbocycles. The summed E-state index contributed by atoms with van der Waals surface area (Å²) in [7, 11) is 4.10. The van der Waals surface area contributed by atoms with Gasteiger partial charge in [0.25, 0.3) is 5.56 Å². The zero-order valence-corrected chi connectivity index (χ0v) is 11.9. The van der Waals surface area contributed by atoms with Crippen molar-refractivity contribution in [2.75, 3.05) is 38.6 Å². The van der Waals surface area contributed by atoms with Crippen LogP contribution in [0.25, 0.3) is 0 Å². The third kappa shape index (κ3) is 4.49. The van der Waals surface area contributed by atoms with Crippen LogP contribution in [-0.4, -0.2) is 48.6 Å². The minimum absolute atomic E-state index is 0.0668. The minimum atomic E-state index is -0.0668. The fourth-order valence-electron chi connectivity index (χ4n) is 1.76. The lowest BCUT2D eigenvalue weighted by molar-refractivity contribution is 0.412. The highest BCUT2D eigenvalue weighted by atomic mass is 16.1. The molecule has 1 aromatic rings. The molecular weight excluding hydrogens is 228 g/mol. The first-order valence-corrected chi connectivity index (χ1v) is 6.56. The van der Waals surface area contributed by atoms with Crippen molar-refractivity contribution in [3.05, 3.63) is 22.2 Å². The quantitative estimate of drug-likeness (QED) is 0.790. The van der Waals surface area contributed by atoms with Gasteiger partial charge in [0.1, 0.15) is 11.6 Å². The molecule has 5 nitrogen and oxygen atoms in total. The third-order valence-corrected chi connectivity index (χ3v) is 2.75. The lowest BCUT2D eigenvalue weighted by Gasteiger charge is -2.25. The first-order chi connectivity index (χ1) is 8.56. The molecule has 102 valence electrons. The summed E-state index contributed by atoms with van der Waals surface area (Å²) >= 11 is 0. The highest BCUT2D eigenvalue weighted by Gasteiger charge is 2.09. The standard InChI is InChI=1S/C13H24N4O/c1-5-7-17(9-8-16(3)4)12-10-13(18)15-11(6-2)14-12/h10H,5-9H2,1-4H3,(H,14,15,18). The van der Waals surface area contributed by atoms with Crippen LogP contribution in [0.15, 0.2) is 10.9 Å². The Balaban J connectivity index is 2.89. The van der Waals surface area contributed by atoms with E-state index < -0.39 is 0 Å². The second-order valence-corrected chi connectivity index (χ2v) is 4.69. The molecule has 0 amide bonds. The van der Waals surface area contributed by atoms with Gasteiger partial charge in [-0.3, -0.25) is 4.79 Å². The molecule has 0 radical (unpaired) electrons. The van der Waals surface area contributed by atoms with Crippen LogP contribution in [0.5, 0.6) is 0 Å². The Bertz CT molecular complexity index is 414. The predicted molar refractivity (Wildman–Crippen MR) is 75.3 cm³/mol. The summed E-state index contributed by atoms with van der Waals surface area (Å²) in [5.74, 6) is 1.54. The summed E-state index contributed by atoms with van der Waals surface area (Å²) in [5, 5.41) is 0. The molecule has 0 atom stereocenters. The molecule has 0 fully saturated rings. The molecule has 0 aliphatic rings. The first-order valence-electron chi connectivity index (χ1n) is 6.56. The van der Waals surface area contributed by atoms with E-state index in [9.17, 15) is 4.79 Å². The van der Waals surface area contributed by atoms with Gasteiger partial charge < -0.3 is 14.8 Å². The summed E-state index contributed by atoms with van der Waals surface area (Å²) in [4.78, 5) is 23.2. The van der Waals surface area contributed by atoms with E-state index >= 15 is 0 Å². The van der Waals surface area contributed by atoms with Gasteiger partial charge >= 0.3 is 0 Å². The average Bonchev–Trinajstić information content (AvgIpc) is 2.33. The van der Waals surface area contributed by atoms with E-state index in [1.165, 1.54) is 0 Å². The summed E-state index contributed by atoms with van der Waals surface area (Å²) in [6, 6.07) is 1.59. The lowest BCUT2D eigenvalue weighted by Crippen LogP contribution is -2.34. The van der Waals surface area contributed by atoms with Crippen LogP contribution in [0.2, 0.25) is 0 Å². The van der Waals surface area contributed by atoms with Gasteiger partial charge in [0.15, 0.2) is 0 Å². The molecule has 0 aromatic carbocycles. The fraction of sp³-hybridized carbons (Fsp3) is 0.692. The van der Waals surface area contributed by atoms with Crippen molar-refractivity contribution in [3.8, 4) is 0 Å². The maximum absolute atomic E-state index is 11.6. The summed E-state index contributed by atoms with van der Waals surface area (Å²) < 4.78 is 0. The van der Waals surface area contributed by atoms with Crippen molar-refractivity contribution in [1.29, 1.82) is 0 Å². The number of likely N-dealkylation sites (N-methyl/N-ethyl adjacent to an activating group) is 1. The van der Waals surface area contributed by atoms with Gasteiger partial charge in [-0.25, -0.2) is 4.98 Å². The van der Waals surface area contributed by atoms with Crippen molar-refractivity contribution >= 4 is 5.82 Å². The predicted octanol–water partition coefficient (Wildman–Crippen LogP) is 1.11. The van der Waals surface area contributed by atoms with Crippen molar-refractivity contribution < 1.29 is 0 Å². The molecule has 0 aliphatic heterocycles. The first kappa shape index (κ1) is 14.7. The van der Waals surface area contributed by atoms with Gasteiger partial charge in [-0.15, -0.1) is 0 Å². The van der Waals surface area contributed by atoms with E-state index in [2.05, 4.69) is 26.7 Å². The molecule has 1 rings (SSSR count). The molecule has 0 bridgehead atoms. The molecule has 0 spiro atoms. The average molecular weight is 252 g/mol. The Morgan fingerprint density at radius 2 is 1.94 bits per heavy atom. The van der Waals surface area contributed by atoms with E-state index in [0.717, 1.165) is 44.1 Å². The van der Waals surface area contributed by atoms with Crippen LogP contribution in [0, 0.1) is 0 Å². The van der Waals surface area contributed by atoms with Crippen molar-refractivity contribution in [1.82, 2.24) is 14.9 Å². The molecule has 1 aromatic heterocycles. The molecule has 0 unspecified atom stereocenters. The van der Waals surface area contributed by atoms with Gasteiger partial charge in [0, 0.05) is 32.1 Å². The fourth-order valence-corrected chi connectivity index (χ4v) is 1.76. The Kier molecular flexibility index (Phi) is 5.85. The number of hydrogen-bond donors (Lipinski definition) is 1. The smallest absolute Gasteiger partial charge is 0.252 e. The van der Waals surface area contributed by atoms with Crippen molar-refractivity contribution in [3.63, 3.8) is 0 Å². The van der Waals surface area contributed by atoms with Gasteiger partial charge in [-0.2, -0.15) is 0 Å².